The molecule has 5 heteroatoms. The van der Waals surface area contributed by atoms with E-state index in [4.69, 9.17) is 5.11 Å². The molecule has 2 aromatic rings. The highest BCUT2D eigenvalue weighted by atomic mass is 32.2. The van der Waals surface area contributed by atoms with Crippen LogP contribution < -0.4 is 0 Å². The molecule has 1 heterocycles. The first kappa shape index (κ1) is 14.1. The molecule has 0 spiro atoms. The number of benzene rings is 1. The van der Waals surface area contributed by atoms with Crippen molar-refractivity contribution in [1.82, 2.24) is 4.57 Å². The van der Waals surface area contributed by atoms with Gasteiger partial charge in [-0.05, 0) is 36.9 Å². The molecular formula is C14H19NO3S. The molecule has 0 fully saturated rings. The van der Waals surface area contributed by atoms with Gasteiger partial charge in [0, 0.05) is 18.3 Å². The molecule has 0 unspecified atom stereocenters. The standard InChI is InChI=1S/C14H19NO3S/c1-11(2)19(17,18)8-7-15-6-5-13-4-3-12(10-16)9-14(13)15/h3-6,9,11,16H,7-8,10H2,1-2H3. The van der Waals surface area contributed by atoms with Crippen molar-refractivity contribution in [3.63, 3.8) is 0 Å². The number of rotatable bonds is 5. The Morgan fingerprint density at radius 1 is 1.26 bits per heavy atom. The van der Waals surface area contributed by atoms with Crippen LogP contribution in [0.1, 0.15) is 19.4 Å². The van der Waals surface area contributed by atoms with Crippen LogP contribution in [0, 0.1) is 0 Å². The fraction of sp³-hybridized carbons (Fsp3) is 0.429. The maximum Gasteiger partial charge on any atom is 0.154 e. The van der Waals surface area contributed by atoms with E-state index in [9.17, 15) is 8.42 Å². The van der Waals surface area contributed by atoms with Crippen LogP contribution in [0.4, 0.5) is 0 Å². The van der Waals surface area contributed by atoms with Crippen LogP contribution in [0.2, 0.25) is 0 Å². The zero-order valence-corrected chi connectivity index (χ0v) is 12.0. The van der Waals surface area contributed by atoms with Crippen LogP contribution in [0.15, 0.2) is 30.5 Å². The molecule has 1 N–H and O–H groups in total. The van der Waals surface area contributed by atoms with E-state index < -0.39 is 9.84 Å². The lowest BCUT2D eigenvalue weighted by Crippen LogP contribution is -2.20. The van der Waals surface area contributed by atoms with Gasteiger partial charge in [-0.25, -0.2) is 8.42 Å². The highest BCUT2D eigenvalue weighted by molar-refractivity contribution is 7.91. The zero-order chi connectivity index (χ0) is 14.0. The third kappa shape index (κ3) is 2.98. The van der Waals surface area contributed by atoms with E-state index in [0.29, 0.717) is 6.54 Å². The molecule has 1 aromatic heterocycles. The van der Waals surface area contributed by atoms with Crippen LogP contribution in [-0.4, -0.2) is 29.1 Å². The fourth-order valence-corrected chi connectivity index (χ4v) is 2.91. The lowest BCUT2D eigenvalue weighted by atomic mass is 10.2. The zero-order valence-electron chi connectivity index (χ0n) is 11.2. The summed E-state index contributed by atoms with van der Waals surface area (Å²) >= 11 is 0. The van der Waals surface area contributed by atoms with Crippen LogP contribution in [-0.2, 0) is 23.0 Å². The van der Waals surface area contributed by atoms with Crippen molar-refractivity contribution in [3.05, 3.63) is 36.0 Å². The number of sulfone groups is 1. The minimum atomic E-state index is -3.03. The van der Waals surface area contributed by atoms with Crippen LogP contribution in [0.3, 0.4) is 0 Å². The number of aliphatic hydroxyl groups excluding tert-OH is 1. The molecule has 0 amide bonds. The van der Waals surface area contributed by atoms with E-state index in [1.54, 1.807) is 13.8 Å². The highest BCUT2D eigenvalue weighted by Gasteiger charge is 2.16. The van der Waals surface area contributed by atoms with E-state index in [-0.39, 0.29) is 17.6 Å². The number of aryl methyl sites for hydroxylation is 1. The summed E-state index contributed by atoms with van der Waals surface area (Å²) in [7, 11) is -3.03. The number of aliphatic hydroxyl groups is 1. The maximum atomic E-state index is 11.8. The lowest BCUT2D eigenvalue weighted by Gasteiger charge is -2.09. The minimum Gasteiger partial charge on any atom is -0.392 e. The molecule has 0 bridgehead atoms. The van der Waals surface area contributed by atoms with Gasteiger partial charge in [0.2, 0.25) is 0 Å². The second kappa shape index (κ2) is 5.35. The number of hydrogen-bond acceptors (Lipinski definition) is 3. The molecule has 4 nitrogen and oxygen atoms in total. The molecule has 0 atom stereocenters. The van der Waals surface area contributed by atoms with Crippen LogP contribution in [0.25, 0.3) is 10.9 Å². The fourth-order valence-electron chi connectivity index (χ4n) is 1.98. The second-order valence-electron chi connectivity index (χ2n) is 4.98. The molecule has 0 aliphatic rings. The van der Waals surface area contributed by atoms with Gasteiger partial charge in [-0.3, -0.25) is 0 Å². The second-order valence-corrected chi connectivity index (χ2v) is 7.65. The third-order valence-electron chi connectivity index (χ3n) is 3.36. The average molecular weight is 281 g/mol. The molecule has 0 saturated heterocycles. The number of aromatic nitrogens is 1. The minimum absolute atomic E-state index is 0.00852. The van der Waals surface area contributed by atoms with Gasteiger partial charge in [-0.2, -0.15) is 0 Å². The van der Waals surface area contributed by atoms with Crippen molar-refractivity contribution in [3.8, 4) is 0 Å². The van der Waals surface area contributed by atoms with Gasteiger partial charge in [0.15, 0.2) is 9.84 Å². The smallest absolute Gasteiger partial charge is 0.154 e. The summed E-state index contributed by atoms with van der Waals surface area (Å²) < 4.78 is 25.6. The molecule has 0 radical (unpaired) electrons. The number of hydrogen-bond donors (Lipinski definition) is 1. The van der Waals surface area contributed by atoms with Gasteiger partial charge in [0.1, 0.15) is 0 Å². The Morgan fingerprint density at radius 3 is 2.63 bits per heavy atom. The normalized spacial score (nSPS) is 12.4. The van der Waals surface area contributed by atoms with E-state index in [1.165, 1.54) is 0 Å². The third-order valence-corrected chi connectivity index (χ3v) is 5.54. The topological polar surface area (TPSA) is 59.3 Å². The molecule has 0 aliphatic carbocycles. The molecule has 1 aromatic carbocycles. The molecule has 2 rings (SSSR count). The summed E-state index contributed by atoms with van der Waals surface area (Å²) in [6.07, 6.45) is 1.89. The Kier molecular flexibility index (Phi) is 3.96. The number of fused-ring (bicyclic) bond motifs is 1. The first-order chi connectivity index (χ1) is 8.94. The summed E-state index contributed by atoms with van der Waals surface area (Å²) in [5.41, 5.74) is 1.80. The van der Waals surface area contributed by atoms with E-state index in [1.807, 2.05) is 35.0 Å². The molecule has 19 heavy (non-hydrogen) atoms. The van der Waals surface area contributed by atoms with Crippen molar-refractivity contribution in [2.45, 2.75) is 32.2 Å². The summed E-state index contributed by atoms with van der Waals surface area (Å²) in [6.45, 7) is 3.84. The predicted octanol–water partition coefficient (Wildman–Crippen LogP) is 1.96. The van der Waals surface area contributed by atoms with E-state index in [2.05, 4.69) is 0 Å². The SMILES string of the molecule is CC(C)S(=O)(=O)CCn1ccc2ccc(CO)cc21. The van der Waals surface area contributed by atoms with Gasteiger partial charge in [0.25, 0.3) is 0 Å². The number of nitrogens with zero attached hydrogens (tertiary/aromatic N) is 1. The molecule has 0 saturated carbocycles. The monoisotopic (exact) mass is 281 g/mol. The van der Waals surface area contributed by atoms with Gasteiger partial charge < -0.3 is 9.67 Å². The van der Waals surface area contributed by atoms with Crippen molar-refractivity contribution >= 4 is 20.7 Å². The van der Waals surface area contributed by atoms with Crippen molar-refractivity contribution in [1.29, 1.82) is 0 Å². The summed E-state index contributed by atoms with van der Waals surface area (Å²) in [5, 5.41) is 9.86. The average Bonchev–Trinajstić information content (AvgIpc) is 2.78. The van der Waals surface area contributed by atoms with Crippen LogP contribution >= 0.6 is 0 Å². The van der Waals surface area contributed by atoms with Gasteiger partial charge >= 0.3 is 0 Å². The summed E-state index contributed by atoms with van der Waals surface area (Å²) in [6, 6.07) is 7.67. The Bertz CT molecular complexity index is 671. The Labute approximate surface area is 113 Å². The molecule has 104 valence electrons. The summed E-state index contributed by atoms with van der Waals surface area (Å²) in [5.74, 6) is 0.137. The largest absolute Gasteiger partial charge is 0.392 e. The highest BCUT2D eigenvalue weighted by Crippen LogP contribution is 2.18. The van der Waals surface area contributed by atoms with Gasteiger partial charge in [-0.15, -0.1) is 0 Å². The van der Waals surface area contributed by atoms with Crippen molar-refractivity contribution < 1.29 is 13.5 Å². The lowest BCUT2D eigenvalue weighted by molar-refractivity contribution is 0.282. The first-order valence-electron chi connectivity index (χ1n) is 6.34. The van der Waals surface area contributed by atoms with Crippen molar-refractivity contribution in [2.75, 3.05) is 5.75 Å². The maximum absolute atomic E-state index is 11.8. The quantitative estimate of drug-likeness (QED) is 0.911. The Hall–Kier alpha value is -1.33. The summed E-state index contributed by atoms with van der Waals surface area (Å²) in [4.78, 5) is 0. The van der Waals surface area contributed by atoms with Gasteiger partial charge in [0.05, 0.1) is 17.6 Å². The van der Waals surface area contributed by atoms with E-state index >= 15 is 0 Å². The van der Waals surface area contributed by atoms with Gasteiger partial charge in [-0.1, -0.05) is 12.1 Å². The predicted molar refractivity (Wildman–Crippen MR) is 76.8 cm³/mol. The first-order valence-corrected chi connectivity index (χ1v) is 8.06. The van der Waals surface area contributed by atoms with Crippen LogP contribution in [0.5, 0.6) is 0 Å². The van der Waals surface area contributed by atoms with Crippen molar-refractivity contribution in [2.24, 2.45) is 0 Å². The molecule has 0 aliphatic heterocycles. The van der Waals surface area contributed by atoms with E-state index in [0.717, 1.165) is 16.5 Å². The Balaban J connectivity index is 2.26. The molecular weight excluding hydrogens is 262 g/mol. The Morgan fingerprint density at radius 2 is 2.00 bits per heavy atom.